The summed E-state index contributed by atoms with van der Waals surface area (Å²) in [7, 11) is 0. The average Bonchev–Trinajstić information content (AvgIpc) is 3.34. The van der Waals surface area contributed by atoms with Crippen molar-refractivity contribution in [2.24, 2.45) is 0 Å². The highest BCUT2D eigenvalue weighted by molar-refractivity contribution is 6.31. The lowest BCUT2D eigenvalue weighted by molar-refractivity contribution is 0.0959. The minimum atomic E-state index is -0.764. The fourth-order valence-corrected chi connectivity index (χ4v) is 4.04. The molecule has 31 heavy (non-hydrogen) atoms. The molecule has 2 amide bonds. The SMILES string of the molecule is O=C1NC(c2cc(F)ccc2Cl)c2c(NC(=O)c3cc(F)cc4[nH]cnc34)cccc21. The molecule has 1 unspecified atom stereocenters. The van der Waals surface area contributed by atoms with Gasteiger partial charge in [0.05, 0.1) is 23.4 Å². The number of carbonyl (C=O) groups excluding carboxylic acids is 2. The van der Waals surface area contributed by atoms with Gasteiger partial charge in [-0.1, -0.05) is 17.7 Å². The summed E-state index contributed by atoms with van der Waals surface area (Å²) in [5.41, 5.74) is 2.17. The molecule has 3 aromatic carbocycles. The van der Waals surface area contributed by atoms with Crippen molar-refractivity contribution < 1.29 is 18.4 Å². The molecule has 6 nitrogen and oxygen atoms in total. The number of fused-ring (bicyclic) bond motifs is 2. The van der Waals surface area contributed by atoms with E-state index in [1.54, 1.807) is 18.2 Å². The van der Waals surface area contributed by atoms with Gasteiger partial charge in [-0.3, -0.25) is 9.59 Å². The quantitative estimate of drug-likeness (QED) is 0.437. The zero-order valence-electron chi connectivity index (χ0n) is 15.7. The fourth-order valence-electron chi connectivity index (χ4n) is 3.81. The Morgan fingerprint density at radius 2 is 1.94 bits per heavy atom. The Labute approximate surface area is 179 Å². The molecule has 4 aromatic rings. The molecule has 0 fully saturated rings. The Morgan fingerprint density at radius 1 is 1.10 bits per heavy atom. The number of anilines is 1. The molecule has 154 valence electrons. The number of imidazole rings is 1. The van der Waals surface area contributed by atoms with Crippen LogP contribution in [0.4, 0.5) is 14.5 Å². The standard InChI is InChI=1S/C22H13ClF2N4O2/c23-15-5-4-10(24)6-13(15)20-18-12(21(30)29-20)2-1-3-16(18)28-22(31)14-7-11(25)8-17-19(14)27-9-26-17/h1-9,20H,(H,26,27)(H,28,31)(H,29,30). The van der Waals surface area contributed by atoms with E-state index in [-0.39, 0.29) is 16.5 Å². The van der Waals surface area contributed by atoms with Crippen molar-refractivity contribution in [1.29, 1.82) is 0 Å². The van der Waals surface area contributed by atoms with Crippen LogP contribution in [0.2, 0.25) is 5.02 Å². The van der Waals surface area contributed by atoms with Crippen molar-refractivity contribution in [2.45, 2.75) is 6.04 Å². The molecule has 0 saturated carbocycles. The van der Waals surface area contributed by atoms with Gasteiger partial charge in [0.1, 0.15) is 17.2 Å². The summed E-state index contributed by atoms with van der Waals surface area (Å²) >= 11 is 6.26. The predicted molar refractivity (Wildman–Crippen MR) is 111 cm³/mol. The summed E-state index contributed by atoms with van der Waals surface area (Å²) in [6.07, 6.45) is 1.37. The molecule has 1 aliphatic heterocycles. The van der Waals surface area contributed by atoms with Crippen LogP contribution in [-0.2, 0) is 0 Å². The molecule has 0 spiro atoms. The first kappa shape index (κ1) is 19.2. The second-order valence-corrected chi connectivity index (χ2v) is 7.45. The summed E-state index contributed by atoms with van der Waals surface area (Å²) in [5, 5.41) is 5.77. The number of amides is 2. The van der Waals surface area contributed by atoms with Crippen LogP contribution in [0.25, 0.3) is 11.0 Å². The van der Waals surface area contributed by atoms with E-state index in [0.29, 0.717) is 33.4 Å². The Morgan fingerprint density at radius 3 is 2.77 bits per heavy atom. The summed E-state index contributed by atoms with van der Waals surface area (Å²) in [5.74, 6) is -2.09. The second kappa shape index (κ2) is 7.17. The third-order valence-corrected chi connectivity index (χ3v) is 5.51. The number of hydrogen-bond donors (Lipinski definition) is 3. The van der Waals surface area contributed by atoms with Crippen LogP contribution in [0.5, 0.6) is 0 Å². The fraction of sp³-hybridized carbons (Fsp3) is 0.0455. The Kier molecular flexibility index (Phi) is 4.44. The second-order valence-electron chi connectivity index (χ2n) is 7.05. The van der Waals surface area contributed by atoms with E-state index in [9.17, 15) is 18.4 Å². The highest BCUT2D eigenvalue weighted by atomic mass is 35.5. The average molecular weight is 439 g/mol. The van der Waals surface area contributed by atoms with Crippen molar-refractivity contribution in [1.82, 2.24) is 15.3 Å². The number of benzene rings is 3. The van der Waals surface area contributed by atoms with Gasteiger partial charge in [0.15, 0.2) is 0 Å². The van der Waals surface area contributed by atoms with Gasteiger partial charge in [0.25, 0.3) is 11.8 Å². The van der Waals surface area contributed by atoms with Crippen LogP contribution in [0.1, 0.15) is 37.9 Å². The Bertz CT molecular complexity index is 1390. The van der Waals surface area contributed by atoms with Gasteiger partial charge in [0.2, 0.25) is 0 Å². The zero-order chi connectivity index (χ0) is 21.7. The lowest BCUT2D eigenvalue weighted by atomic mass is 9.96. The van der Waals surface area contributed by atoms with E-state index in [0.717, 1.165) is 6.07 Å². The number of carbonyl (C=O) groups is 2. The molecule has 0 radical (unpaired) electrons. The van der Waals surface area contributed by atoms with Crippen molar-refractivity contribution >= 4 is 40.1 Å². The summed E-state index contributed by atoms with van der Waals surface area (Å²) in [4.78, 5) is 32.4. The largest absolute Gasteiger partial charge is 0.344 e. The van der Waals surface area contributed by atoms with Gasteiger partial charge in [-0.15, -0.1) is 0 Å². The Hall–Kier alpha value is -3.78. The Balaban J connectivity index is 1.59. The normalized spacial score (nSPS) is 15.1. The van der Waals surface area contributed by atoms with Crippen LogP contribution in [0, 0.1) is 11.6 Å². The number of H-pyrrole nitrogens is 1. The van der Waals surface area contributed by atoms with Crippen LogP contribution in [0.3, 0.4) is 0 Å². The number of aromatic amines is 1. The van der Waals surface area contributed by atoms with Gasteiger partial charge < -0.3 is 15.6 Å². The topological polar surface area (TPSA) is 86.9 Å². The highest BCUT2D eigenvalue weighted by Crippen LogP contribution is 2.39. The first-order valence-corrected chi connectivity index (χ1v) is 9.63. The van der Waals surface area contributed by atoms with Crippen LogP contribution in [-0.4, -0.2) is 21.8 Å². The molecule has 0 bridgehead atoms. The number of nitrogens with zero attached hydrogens (tertiary/aromatic N) is 1. The van der Waals surface area contributed by atoms with E-state index in [1.165, 1.54) is 30.6 Å². The van der Waals surface area contributed by atoms with E-state index in [1.807, 2.05) is 0 Å². The number of hydrogen-bond acceptors (Lipinski definition) is 3. The number of halogens is 3. The zero-order valence-corrected chi connectivity index (χ0v) is 16.4. The molecule has 2 heterocycles. The molecule has 1 aliphatic rings. The summed E-state index contributed by atoms with van der Waals surface area (Å²) in [6.45, 7) is 0. The van der Waals surface area contributed by atoms with Gasteiger partial charge >= 0.3 is 0 Å². The van der Waals surface area contributed by atoms with Gasteiger partial charge in [0, 0.05) is 27.4 Å². The number of nitrogens with one attached hydrogen (secondary N) is 3. The molecule has 0 aliphatic carbocycles. The first-order valence-electron chi connectivity index (χ1n) is 9.25. The van der Waals surface area contributed by atoms with Crippen molar-refractivity contribution in [3.05, 3.63) is 93.8 Å². The van der Waals surface area contributed by atoms with E-state index in [2.05, 4.69) is 20.6 Å². The van der Waals surface area contributed by atoms with Crippen molar-refractivity contribution in [3.8, 4) is 0 Å². The maximum absolute atomic E-state index is 14.0. The third kappa shape index (κ3) is 3.21. The first-order chi connectivity index (χ1) is 14.9. The minimum absolute atomic E-state index is 0.0338. The van der Waals surface area contributed by atoms with Crippen LogP contribution < -0.4 is 10.6 Å². The lowest BCUT2D eigenvalue weighted by Crippen LogP contribution is -2.21. The highest BCUT2D eigenvalue weighted by Gasteiger charge is 2.34. The number of aromatic nitrogens is 2. The number of rotatable bonds is 3. The monoisotopic (exact) mass is 438 g/mol. The van der Waals surface area contributed by atoms with E-state index in [4.69, 9.17) is 11.6 Å². The van der Waals surface area contributed by atoms with Gasteiger partial charge in [-0.25, -0.2) is 13.8 Å². The minimum Gasteiger partial charge on any atom is -0.344 e. The van der Waals surface area contributed by atoms with Crippen molar-refractivity contribution in [2.75, 3.05) is 5.32 Å². The maximum Gasteiger partial charge on any atom is 0.258 e. The molecular formula is C22H13ClF2N4O2. The molecule has 9 heteroatoms. The summed E-state index contributed by atoms with van der Waals surface area (Å²) < 4.78 is 27.9. The van der Waals surface area contributed by atoms with E-state index < -0.39 is 23.6 Å². The van der Waals surface area contributed by atoms with Gasteiger partial charge in [-0.05, 0) is 42.5 Å². The van der Waals surface area contributed by atoms with Crippen LogP contribution >= 0.6 is 11.6 Å². The third-order valence-electron chi connectivity index (χ3n) is 5.17. The van der Waals surface area contributed by atoms with Crippen LogP contribution in [0.15, 0.2) is 54.9 Å². The lowest BCUT2D eigenvalue weighted by Gasteiger charge is -2.18. The molecule has 1 aromatic heterocycles. The smallest absolute Gasteiger partial charge is 0.258 e. The maximum atomic E-state index is 14.0. The predicted octanol–water partition coefficient (Wildman–Crippen LogP) is 4.58. The molecular weight excluding hydrogens is 426 g/mol. The van der Waals surface area contributed by atoms with Gasteiger partial charge in [-0.2, -0.15) is 0 Å². The van der Waals surface area contributed by atoms with Crippen molar-refractivity contribution in [3.63, 3.8) is 0 Å². The molecule has 5 rings (SSSR count). The molecule has 0 saturated heterocycles. The summed E-state index contributed by atoms with van der Waals surface area (Å²) in [6, 6.07) is 10.2. The van der Waals surface area contributed by atoms with E-state index >= 15 is 0 Å². The molecule has 1 atom stereocenters. The molecule has 3 N–H and O–H groups in total.